The highest BCUT2D eigenvalue weighted by Crippen LogP contribution is 2.38. The van der Waals surface area contributed by atoms with E-state index in [1.54, 1.807) is 0 Å². The lowest BCUT2D eigenvalue weighted by Crippen LogP contribution is -2.40. The summed E-state index contributed by atoms with van der Waals surface area (Å²) < 4.78 is 0. The molecule has 0 spiro atoms. The molecule has 1 aromatic rings. The summed E-state index contributed by atoms with van der Waals surface area (Å²) in [5.41, 5.74) is -0.575. The highest BCUT2D eigenvalue weighted by molar-refractivity contribution is 6.41. The van der Waals surface area contributed by atoms with Gasteiger partial charge in [-0.05, 0) is 18.4 Å². The number of halogens is 2. The minimum Gasteiger partial charge on any atom is -0.481 e. The third-order valence-corrected chi connectivity index (χ3v) is 4.85. The Kier molecular flexibility index (Phi) is 4.44. The van der Waals surface area contributed by atoms with Crippen molar-refractivity contribution in [1.29, 1.82) is 0 Å². The van der Waals surface area contributed by atoms with Crippen molar-refractivity contribution < 1.29 is 14.7 Å². The number of likely N-dealkylation sites (tertiary alicyclic amines) is 1. The molecule has 1 aliphatic rings. The summed E-state index contributed by atoms with van der Waals surface area (Å²) in [6.07, 6.45) is 1.80. The first-order valence-electron chi connectivity index (χ1n) is 6.61. The van der Waals surface area contributed by atoms with E-state index in [2.05, 4.69) is 4.98 Å². The summed E-state index contributed by atoms with van der Waals surface area (Å²) in [7, 11) is 0. The fourth-order valence-corrected chi connectivity index (χ4v) is 2.89. The fraction of sp³-hybridized carbons (Fsp3) is 0.500. The number of hydrogen-bond donors (Lipinski definition) is 1. The van der Waals surface area contributed by atoms with E-state index in [0.29, 0.717) is 18.5 Å². The van der Waals surface area contributed by atoms with Gasteiger partial charge in [0.25, 0.3) is 5.91 Å². The highest BCUT2D eigenvalue weighted by atomic mass is 35.5. The second-order valence-corrected chi connectivity index (χ2v) is 6.35. The van der Waals surface area contributed by atoms with Crippen molar-refractivity contribution >= 4 is 35.1 Å². The molecule has 1 fully saturated rings. The first kappa shape index (κ1) is 16.0. The van der Waals surface area contributed by atoms with E-state index >= 15 is 0 Å². The predicted octanol–water partition coefficient (Wildman–Crippen LogP) is 2.96. The molecule has 1 saturated heterocycles. The molecule has 0 saturated carbocycles. The molecule has 7 heteroatoms. The third kappa shape index (κ3) is 2.85. The van der Waals surface area contributed by atoms with Crippen molar-refractivity contribution in [3.63, 3.8) is 0 Å². The van der Waals surface area contributed by atoms with E-state index in [1.165, 1.54) is 17.2 Å². The number of hydrogen-bond acceptors (Lipinski definition) is 3. The molecule has 0 aromatic carbocycles. The van der Waals surface area contributed by atoms with Gasteiger partial charge in [-0.25, -0.2) is 4.98 Å². The quantitative estimate of drug-likeness (QED) is 0.865. The predicted molar refractivity (Wildman–Crippen MR) is 79.7 cm³/mol. The van der Waals surface area contributed by atoms with Gasteiger partial charge in [-0.1, -0.05) is 37.0 Å². The molecule has 1 aromatic heterocycles. The number of amides is 1. The van der Waals surface area contributed by atoms with Gasteiger partial charge in [-0.2, -0.15) is 0 Å². The molecule has 5 nitrogen and oxygen atoms in total. The zero-order chi connectivity index (χ0) is 15.8. The van der Waals surface area contributed by atoms with Crippen LogP contribution < -0.4 is 0 Å². The van der Waals surface area contributed by atoms with Crippen LogP contribution in [-0.4, -0.2) is 40.0 Å². The largest absolute Gasteiger partial charge is 0.481 e. The van der Waals surface area contributed by atoms with Gasteiger partial charge in [0.2, 0.25) is 0 Å². The van der Waals surface area contributed by atoms with Gasteiger partial charge < -0.3 is 10.0 Å². The van der Waals surface area contributed by atoms with Gasteiger partial charge in [0.15, 0.2) is 0 Å². The Bertz CT molecular complexity index is 592. The fourth-order valence-electron chi connectivity index (χ4n) is 2.62. The molecule has 1 amide bonds. The number of nitrogens with zero attached hydrogens (tertiary/aromatic N) is 2. The van der Waals surface area contributed by atoms with Crippen LogP contribution in [0.15, 0.2) is 12.3 Å². The van der Waals surface area contributed by atoms with E-state index in [9.17, 15) is 14.7 Å². The Morgan fingerprint density at radius 2 is 2.10 bits per heavy atom. The Morgan fingerprint density at radius 3 is 2.57 bits per heavy atom. The molecule has 0 aliphatic carbocycles. The van der Waals surface area contributed by atoms with Crippen molar-refractivity contribution in [2.45, 2.75) is 20.3 Å². The topological polar surface area (TPSA) is 70.5 Å². The maximum atomic E-state index is 12.4. The lowest BCUT2D eigenvalue weighted by atomic mass is 9.76. The van der Waals surface area contributed by atoms with Crippen LogP contribution in [-0.2, 0) is 4.79 Å². The lowest BCUT2D eigenvalue weighted by molar-refractivity contribution is -0.150. The van der Waals surface area contributed by atoms with Crippen molar-refractivity contribution in [3.8, 4) is 0 Å². The average molecular weight is 331 g/mol. The minimum absolute atomic E-state index is 0.0558. The second-order valence-electron chi connectivity index (χ2n) is 5.59. The summed E-state index contributed by atoms with van der Waals surface area (Å²) in [4.78, 5) is 29.4. The van der Waals surface area contributed by atoms with Crippen LogP contribution in [0.2, 0.25) is 10.2 Å². The molecular weight excluding hydrogens is 315 g/mol. The van der Waals surface area contributed by atoms with Gasteiger partial charge in [0.1, 0.15) is 5.15 Å². The number of carbonyl (C=O) groups is 2. The molecule has 2 rings (SSSR count). The molecule has 0 bridgehead atoms. The molecule has 114 valence electrons. The molecular formula is C14H16Cl2N2O3. The number of carboxylic acid groups (broad SMARTS) is 1. The van der Waals surface area contributed by atoms with Crippen LogP contribution in [0.4, 0.5) is 0 Å². The van der Waals surface area contributed by atoms with Crippen molar-refractivity contribution in [2.75, 3.05) is 13.1 Å². The van der Waals surface area contributed by atoms with E-state index in [1.807, 2.05) is 13.8 Å². The SMILES string of the molecule is CC(C)C1(C(=O)O)CCN(C(=O)c2cnc(Cl)c(Cl)c2)C1. The van der Waals surface area contributed by atoms with Gasteiger partial charge in [-0.3, -0.25) is 9.59 Å². The van der Waals surface area contributed by atoms with Crippen LogP contribution in [0.25, 0.3) is 0 Å². The number of aliphatic carboxylic acids is 1. The number of carbonyl (C=O) groups excluding carboxylic acids is 1. The van der Waals surface area contributed by atoms with E-state index in [0.717, 1.165) is 0 Å². The summed E-state index contributed by atoms with van der Waals surface area (Å²) >= 11 is 11.6. The Morgan fingerprint density at radius 1 is 1.43 bits per heavy atom. The molecule has 1 N–H and O–H groups in total. The number of carboxylic acids is 1. The molecule has 21 heavy (non-hydrogen) atoms. The Labute approximate surface area is 132 Å². The van der Waals surface area contributed by atoms with Gasteiger partial charge in [0.05, 0.1) is 16.0 Å². The third-order valence-electron chi connectivity index (χ3n) is 4.16. The minimum atomic E-state index is -0.890. The summed E-state index contributed by atoms with van der Waals surface area (Å²) in [6, 6.07) is 1.45. The number of aromatic nitrogens is 1. The molecule has 1 atom stereocenters. The van der Waals surface area contributed by atoms with Gasteiger partial charge in [0, 0.05) is 19.3 Å². The number of rotatable bonds is 3. The van der Waals surface area contributed by atoms with E-state index in [4.69, 9.17) is 23.2 Å². The van der Waals surface area contributed by atoms with Crippen LogP contribution >= 0.6 is 23.2 Å². The summed E-state index contributed by atoms with van der Waals surface area (Å²) in [5.74, 6) is -1.19. The first-order chi connectivity index (χ1) is 9.78. The van der Waals surface area contributed by atoms with Crippen molar-refractivity contribution in [3.05, 3.63) is 28.0 Å². The van der Waals surface area contributed by atoms with Crippen LogP contribution in [0.5, 0.6) is 0 Å². The zero-order valence-electron chi connectivity index (χ0n) is 11.8. The standard InChI is InChI=1S/C14H16Cl2N2O3/c1-8(2)14(13(20)21)3-4-18(7-14)12(19)9-5-10(15)11(16)17-6-9/h5-6,8H,3-4,7H2,1-2H3,(H,20,21). The Balaban J connectivity index is 2.22. The van der Waals surface area contributed by atoms with E-state index in [-0.39, 0.29) is 28.5 Å². The van der Waals surface area contributed by atoms with Crippen molar-refractivity contribution in [2.24, 2.45) is 11.3 Å². The molecule has 1 aliphatic heterocycles. The second kappa shape index (κ2) is 5.81. The smallest absolute Gasteiger partial charge is 0.311 e. The molecule has 2 heterocycles. The maximum absolute atomic E-state index is 12.4. The zero-order valence-corrected chi connectivity index (χ0v) is 13.3. The van der Waals surface area contributed by atoms with Gasteiger partial charge in [-0.15, -0.1) is 0 Å². The van der Waals surface area contributed by atoms with E-state index < -0.39 is 11.4 Å². The maximum Gasteiger partial charge on any atom is 0.311 e. The van der Waals surface area contributed by atoms with Crippen LogP contribution in [0.1, 0.15) is 30.6 Å². The molecule has 0 radical (unpaired) electrons. The first-order valence-corrected chi connectivity index (χ1v) is 7.37. The number of pyridine rings is 1. The lowest BCUT2D eigenvalue weighted by Gasteiger charge is -2.28. The highest BCUT2D eigenvalue weighted by Gasteiger charge is 2.48. The monoisotopic (exact) mass is 330 g/mol. The average Bonchev–Trinajstić information content (AvgIpc) is 2.87. The Hall–Kier alpha value is -1.33. The summed E-state index contributed by atoms with van der Waals surface area (Å²) in [6.45, 7) is 4.33. The van der Waals surface area contributed by atoms with Gasteiger partial charge >= 0.3 is 5.97 Å². The van der Waals surface area contributed by atoms with Crippen LogP contribution in [0, 0.1) is 11.3 Å². The molecule has 1 unspecified atom stereocenters. The van der Waals surface area contributed by atoms with Crippen molar-refractivity contribution in [1.82, 2.24) is 9.88 Å². The normalized spacial score (nSPS) is 21.9. The van der Waals surface area contributed by atoms with Crippen LogP contribution in [0.3, 0.4) is 0 Å². The summed E-state index contributed by atoms with van der Waals surface area (Å²) in [5, 5.41) is 9.84.